The van der Waals surface area contributed by atoms with E-state index >= 15 is 0 Å². The normalized spacial score (nSPS) is 10.9. The number of rotatable bonds is 14. The van der Waals surface area contributed by atoms with Gasteiger partial charge in [-0.1, -0.05) is 47.0 Å². The Labute approximate surface area is 147 Å². The molecular formula is C19H37NO4. The Kier molecular flexibility index (Phi) is 14.5. The smallest absolute Gasteiger partial charge is 0.407 e. The van der Waals surface area contributed by atoms with Crippen LogP contribution in [0.3, 0.4) is 0 Å². The molecule has 0 aliphatic heterocycles. The molecule has 0 atom stereocenters. The third-order valence-corrected chi connectivity index (χ3v) is 3.71. The van der Waals surface area contributed by atoms with Crippen LogP contribution in [0.2, 0.25) is 0 Å². The van der Waals surface area contributed by atoms with E-state index in [0.29, 0.717) is 38.0 Å². The molecule has 0 saturated heterocycles. The summed E-state index contributed by atoms with van der Waals surface area (Å²) in [6, 6.07) is 0. The highest BCUT2D eigenvalue weighted by Gasteiger charge is 2.04. The Morgan fingerprint density at radius 2 is 1.33 bits per heavy atom. The Morgan fingerprint density at radius 3 is 1.96 bits per heavy atom. The van der Waals surface area contributed by atoms with Crippen LogP contribution < -0.4 is 5.32 Å². The lowest BCUT2D eigenvalue weighted by atomic mass is 10.1. The maximum Gasteiger partial charge on any atom is 0.407 e. The maximum absolute atomic E-state index is 11.5. The van der Waals surface area contributed by atoms with E-state index < -0.39 is 0 Å². The highest BCUT2D eigenvalue weighted by Crippen LogP contribution is 2.07. The largest absolute Gasteiger partial charge is 0.466 e. The van der Waals surface area contributed by atoms with Crippen molar-refractivity contribution in [1.29, 1.82) is 0 Å². The fourth-order valence-electron chi connectivity index (χ4n) is 2.03. The van der Waals surface area contributed by atoms with Crippen LogP contribution in [0.15, 0.2) is 0 Å². The molecule has 0 radical (unpaired) electrons. The molecule has 24 heavy (non-hydrogen) atoms. The van der Waals surface area contributed by atoms with E-state index in [2.05, 4.69) is 33.0 Å². The standard InChI is InChI=1S/C19H37NO4/c1-16(2)11-14-23-18(21)10-8-6-5-7-9-13-20-19(22)24-15-12-17(3)4/h16-17H,5-15H2,1-4H3,(H,20,22). The van der Waals surface area contributed by atoms with Crippen LogP contribution in [0, 0.1) is 11.8 Å². The highest BCUT2D eigenvalue weighted by atomic mass is 16.5. The van der Waals surface area contributed by atoms with Crippen LogP contribution in [0.25, 0.3) is 0 Å². The number of esters is 1. The first-order valence-electron chi connectivity index (χ1n) is 9.48. The SMILES string of the molecule is CC(C)CCOC(=O)CCCCCCCNC(=O)OCCC(C)C. The minimum absolute atomic E-state index is 0.0820. The molecular weight excluding hydrogens is 306 g/mol. The first kappa shape index (κ1) is 22.7. The van der Waals surface area contributed by atoms with Crippen LogP contribution >= 0.6 is 0 Å². The lowest BCUT2D eigenvalue weighted by Crippen LogP contribution is -2.25. The van der Waals surface area contributed by atoms with E-state index in [0.717, 1.165) is 44.9 Å². The van der Waals surface area contributed by atoms with Gasteiger partial charge in [0.1, 0.15) is 0 Å². The van der Waals surface area contributed by atoms with Crippen molar-refractivity contribution in [3.8, 4) is 0 Å². The summed E-state index contributed by atoms with van der Waals surface area (Å²) in [4.78, 5) is 22.9. The van der Waals surface area contributed by atoms with Crippen molar-refractivity contribution in [1.82, 2.24) is 5.32 Å². The van der Waals surface area contributed by atoms with Gasteiger partial charge in [0.05, 0.1) is 13.2 Å². The second kappa shape index (κ2) is 15.3. The lowest BCUT2D eigenvalue weighted by Gasteiger charge is -2.08. The number of hydrogen-bond acceptors (Lipinski definition) is 4. The number of ether oxygens (including phenoxy) is 2. The Bertz CT molecular complexity index is 297. The molecule has 1 amide bonds. The number of unbranched alkanes of at least 4 members (excludes halogenated alkanes) is 4. The molecule has 1 N–H and O–H groups in total. The quantitative estimate of drug-likeness (QED) is 0.367. The van der Waals surface area contributed by atoms with Gasteiger partial charge < -0.3 is 14.8 Å². The van der Waals surface area contributed by atoms with E-state index in [1.807, 2.05) is 0 Å². The fraction of sp³-hybridized carbons (Fsp3) is 0.895. The molecule has 0 aromatic heterocycles. The molecule has 0 aliphatic carbocycles. The fourth-order valence-corrected chi connectivity index (χ4v) is 2.03. The zero-order valence-corrected chi connectivity index (χ0v) is 16.1. The average Bonchev–Trinajstić information content (AvgIpc) is 2.49. The number of carbonyl (C=O) groups excluding carboxylic acids is 2. The third-order valence-electron chi connectivity index (χ3n) is 3.71. The van der Waals surface area contributed by atoms with Crippen molar-refractivity contribution in [3.63, 3.8) is 0 Å². The molecule has 0 saturated carbocycles. The number of alkyl carbamates (subject to hydrolysis) is 1. The molecule has 0 spiro atoms. The van der Waals surface area contributed by atoms with E-state index in [-0.39, 0.29) is 12.1 Å². The molecule has 0 aromatic rings. The van der Waals surface area contributed by atoms with Crippen molar-refractivity contribution in [2.24, 2.45) is 11.8 Å². The second-order valence-electron chi connectivity index (χ2n) is 7.17. The summed E-state index contributed by atoms with van der Waals surface area (Å²) in [5.74, 6) is 1.03. The van der Waals surface area contributed by atoms with Gasteiger partial charge in [0.2, 0.25) is 0 Å². The minimum Gasteiger partial charge on any atom is -0.466 e. The van der Waals surface area contributed by atoms with Crippen LogP contribution in [0.4, 0.5) is 4.79 Å². The van der Waals surface area contributed by atoms with Gasteiger partial charge in [0.25, 0.3) is 0 Å². The van der Waals surface area contributed by atoms with Crippen molar-refractivity contribution in [3.05, 3.63) is 0 Å². The summed E-state index contributed by atoms with van der Waals surface area (Å²) in [6.45, 7) is 10.1. The van der Waals surface area contributed by atoms with Gasteiger partial charge in [-0.25, -0.2) is 4.79 Å². The number of hydrogen-bond donors (Lipinski definition) is 1. The van der Waals surface area contributed by atoms with E-state index in [9.17, 15) is 9.59 Å². The predicted molar refractivity (Wildman–Crippen MR) is 96.9 cm³/mol. The zero-order valence-electron chi connectivity index (χ0n) is 16.1. The van der Waals surface area contributed by atoms with E-state index in [1.165, 1.54) is 0 Å². The van der Waals surface area contributed by atoms with Gasteiger partial charge in [-0.2, -0.15) is 0 Å². The molecule has 0 heterocycles. The summed E-state index contributed by atoms with van der Waals surface area (Å²) in [6.07, 6.45) is 6.99. The zero-order chi connectivity index (χ0) is 18.2. The molecule has 0 unspecified atom stereocenters. The van der Waals surface area contributed by atoms with Crippen LogP contribution in [-0.4, -0.2) is 31.8 Å². The molecule has 5 heteroatoms. The number of nitrogens with one attached hydrogen (secondary N) is 1. The van der Waals surface area contributed by atoms with Crippen molar-refractivity contribution in [2.45, 2.75) is 79.1 Å². The second-order valence-corrected chi connectivity index (χ2v) is 7.17. The van der Waals surface area contributed by atoms with Gasteiger partial charge >= 0.3 is 12.1 Å². The third kappa shape index (κ3) is 17.1. The molecule has 0 aliphatic rings. The number of amides is 1. The van der Waals surface area contributed by atoms with Gasteiger partial charge in [-0.15, -0.1) is 0 Å². The van der Waals surface area contributed by atoms with E-state index in [4.69, 9.17) is 9.47 Å². The topological polar surface area (TPSA) is 64.6 Å². The number of carbonyl (C=O) groups is 2. The maximum atomic E-state index is 11.5. The highest BCUT2D eigenvalue weighted by molar-refractivity contribution is 5.69. The molecule has 0 fully saturated rings. The average molecular weight is 344 g/mol. The molecule has 0 bridgehead atoms. The van der Waals surface area contributed by atoms with Crippen LogP contribution in [0.5, 0.6) is 0 Å². The summed E-state index contributed by atoms with van der Waals surface area (Å²) in [7, 11) is 0. The first-order chi connectivity index (χ1) is 11.4. The first-order valence-corrected chi connectivity index (χ1v) is 9.48. The Balaban J connectivity index is 3.30. The summed E-state index contributed by atoms with van der Waals surface area (Å²) in [5, 5.41) is 2.76. The Hall–Kier alpha value is -1.26. The van der Waals surface area contributed by atoms with Crippen molar-refractivity contribution in [2.75, 3.05) is 19.8 Å². The van der Waals surface area contributed by atoms with Gasteiger partial charge in [0, 0.05) is 13.0 Å². The summed E-state index contributed by atoms with van der Waals surface area (Å²) >= 11 is 0. The summed E-state index contributed by atoms with van der Waals surface area (Å²) < 4.78 is 10.2. The van der Waals surface area contributed by atoms with Crippen LogP contribution in [0.1, 0.15) is 79.1 Å². The lowest BCUT2D eigenvalue weighted by molar-refractivity contribution is -0.144. The predicted octanol–water partition coefficient (Wildman–Crippen LogP) is 4.69. The molecule has 0 rings (SSSR count). The monoisotopic (exact) mass is 343 g/mol. The van der Waals surface area contributed by atoms with Gasteiger partial charge in [-0.3, -0.25) is 4.79 Å². The van der Waals surface area contributed by atoms with Gasteiger partial charge in [-0.05, 0) is 37.5 Å². The molecule has 5 nitrogen and oxygen atoms in total. The summed E-state index contributed by atoms with van der Waals surface area (Å²) in [5.41, 5.74) is 0. The van der Waals surface area contributed by atoms with Crippen molar-refractivity contribution < 1.29 is 19.1 Å². The molecule has 0 aromatic carbocycles. The Morgan fingerprint density at radius 1 is 0.792 bits per heavy atom. The molecule has 142 valence electrons. The minimum atomic E-state index is -0.320. The van der Waals surface area contributed by atoms with Gasteiger partial charge in [0.15, 0.2) is 0 Å². The van der Waals surface area contributed by atoms with Crippen LogP contribution in [-0.2, 0) is 14.3 Å². The van der Waals surface area contributed by atoms with Crippen molar-refractivity contribution >= 4 is 12.1 Å². The van der Waals surface area contributed by atoms with E-state index in [1.54, 1.807) is 0 Å².